The minimum atomic E-state index is -0.718. The zero-order valence-corrected chi connectivity index (χ0v) is 12.5. The second-order valence-corrected chi connectivity index (χ2v) is 7.57. The fraction of sp³-hybridized carbons (Fsp3) is 0.750. The van der Waals surface area contributed by atoms with Gasteiger partial charge in [0.2, 0.25) is 0 Å². The number of carboxylic acid groups (broad SMARTS) is 1. The average molecular weight is 277 g/mol. The van der Waals surface area contributed by atoms with E-state index in [1.54, 1.807) is 21.6 Å². The second-order valence-electron chi connectivity index (χ2n) is 4.44. The monoisotopic (exact) mass is 277 g/mol. The van der Waals surface area contributed by atoms with E-state index in [0.717, 1.165) is 24.4 Å². The Bertz CT molecular complexity index is 255. The molecule has 0 heterocycles. The SMILES string of the molecule is C=C(CCSSC(C)(C)CCC(=O)O)NCC. The lowest BCUT2D eigenvalue weighted by Crippen LogP contribution is -2.15. The van der Waals surface area contributed by atoms with E-state index in [4.69, 9.17) is 5.11 Å². The van der Waals surface area contributed by atoms with Crippen LogP contribution in [-0.2, 0) is 4.79 Å². The molecule has 0 aromatic heterocycles. The fourth-order valence-corrected chi connectivity index (χ4v) is 3.78. The van der Waals surface area contributed by atoms with Crippen LogP contribution < -0.4 is 5.32 Å². The second kappa shape index (κ2) is 8.75. The summed E-state index contributed by atoms with van der Waals surface area (Å²) in [5, 5.41) is 11.8. The molecule has 0 bridgehead atoms. The summed E-state index contributed by atoms with van der Waals surface area (Å²) in [5.41, 5.74) is 1.07. The Labute approximate surface area is 112 Å². The Balaban J connectivity index is 3.64. The van der Waals surface area contributed by atoms with Gasteiger partial charge < -0.3 is 10.4 Å². The topological polar surface area (TPSA) is 49.3 Å². The van der Waals surface area contributed by atoms with Gasteiger partial charge in [-0.05, 0) is 33.6 Å². The molecule has 0 saturated heterocycles. The van der Waals surface area contributed by atoms with Crippen LogP contribution in [0.1, 0.15) is 40.0 Å². The van der Waals surface area contributed by atoms with Crippen molar-refractivity contribution in [1.29, 1.82) is 0 Å². The maximum atomic E-state index is 10.5. The van der Waals surface area contributed by atoms with Crippen molar-refractivity contribution in [3.05, 3.63) is 12.3 Å². The van der Waals surface area contributed by atoms with Crippen molar-refractivity contribution < 1.29 is 9.90 Å². The van der Waals surface area contributed by atoms with E-state index < -0.39 is 5.97 Å². The third-order valence-electron chi connectivity index (χ3n) is 2.14. The molecule has 0 aromatic rings. The van der Waals surface area contributed by atoms with E-state index in [9.17, 15) is 4.79 Å². The molecule has 0 radical (unpaired) electrons. The molecule has 0 atom stereocenters. The van der Waals surface area contributed by atoms with Crippen LogP contribution in [0.15, 0.2) is 12.3 Å². The molecule has 0 spiro atoms. The molecule has 0 amide bonds. The first-order chi connectivity index (χ1) is 7.87. The van der Waals surface area contributed by atoms with Gasteiger partial charge >= 0.3 is 5.97 Å². The molecular formula is C12H23NO2S2. The Kier molecular flexibility index (Phi) is 8.60. The highest BCUT2D eigenvalue weighted by Crippen LogP contribution is 2.39. The first kappa shape index (κ1) is 16.7. The molecule has 0 aliphatic rings. The van der Waals surface area contributed by atoms with Crippen molar-refractivity contribution in [2.24, 2.45) is 0 Å². The predicted molar refractivity (Wildman–Crippen MR) is 78.4 cm³/mol. The molecule has 5 heteroatoms. The first-order valence-electron chi connectivity index (χ1n) is 5.81. The van der Waals surface area contributed by atoms with Crippen molar-refractivity contribution in [3.8, 4) is 0 Å². The van der Waals surface area contributed by atoms with Gasteiger partial charge in [0.1, 0.15) is 0 Å². The number of allylic oxidation sites excluding steroid dienone is 1. The number of nitrogens with one attached hydrogen (secondary N) is 1. The maximum absolute atomic E-state index is 10.5. The summed E-state index contributed by atoms with van der Waals surface area (Å²) in [6, 6.07) is 0. The lowest BCUT2D eigenvalue weighted by atomic mass is 10.1. The van der Waals surface area contributed by atoms with E-state index in [2.05, 4.69) is 32.7 Å². The van der Waals surface area contributed by atoms with Gasteiger partial charge in [0.25, 0.3) is 0 Å². The molecule has 3 nitrogen and oxygen atoms in total. The van der Waals surface area contributed by atoms with Crippen molar-refractivity contribution in [2.45, 2.75) is 44.8 Å². The largest absolute Gasteiger partial charge is 0.481 e. The molecule has 0 fully saturated rings. The van der Waals surface area contributed by atoms with Gasteiger partial charge in [-0.15, -0.1) is 0 Å². The molecule has 2 N–H and O–H groups in total. The van der Waals surface area contributed by atoms with Crippen molar-refractivity contribution in [3.63, 3.8) is 0 Å². The van der Waals surface area contributed by atoms with E-state index in [-0.39, 0.29) is 11.2 Å². The van der Waals surface area contributed by atoms with Gasteiger partial charge in [-0.3, -0.25) is 4.79 Å². The van der Waals surface area contributed by atoms with E-state index >= 15 is 0 Å². The molecule has 0 rings (SSSR count). The summed E-state index contributed by atoms with van der Waals surface area (Å²) in [7, 11) is 3.55. The first-order valence-corrected chi connectivity index (χ1v) is 8.13. The van der Waals surface area contributed by atoms with Gasteiger partial charge in [-0.25, -0.2) is 0 Å². The molecule has 100 valence electrons. The Hall–Kier alpha value is -0.290. The molecular weight excluding hydrogens is 254 g/mol. The Morgan fingerprint density at radius 3 is 2.59 bits per heavy atom. The van der Waals surface area contributed by atoms with Crippen LogP contribution in [0.5, 0.6) is 0 Å². The highest BCUT2D eigenvalue weighted by atomic mass is 33.1. The Morgan fingerprint density at radius 1 is 1.41 bits per heavy atom. The number of carbonyl (C=O) groups is 1. The smallest absolute Gasteiger partial charge is 0.303 e. The number of aliphatic carboxylic acids is 1. The third kappa shape index (κ3) is 10.6. The van der Waals surface area contributed by atoms with Crippen LogP contribution in [0.25, 0.3) is 0 Å². The minimum Gasteiger partial charge on any atom is -0.481 e. The van der Waals surface area contributed by atoms with Gasteiger partial charge in [-0.1, -0.05) is 28.2 Å². The summed E-state index contributed by atoms with van der Waals surface area (Å²) >= 11 is 0. The summed E-state index contributed by atoms with van der Waals surface area (Å²) in [4.78, 5) is 10.5. The molecule has 0 aromatic carbocycles. The molecule has 0 saturated carbocycles. The van der Waals surface area contributed by atoms with Crippen LogP contribution in [0.3, 0.4) is 0 Å². The standard InChI is InChI=1S/C12H23NO2S2/c1-5-13-10(2)7-9-16-17-12(3,4)8-6-11(14)15/h13H,2,5-9H2,1,3-4H3,(H,14,15). The number of rotatable bonds is 10. The van der Waals surface area contributed by atoms with E-state index in [1.165, 1.54) is 0 Å². The van der Waals surface area contributed by atoms with Gasteiger partial charge in [0, 0.05) is 29.2 Å². The summed E-state index contributed by atoms with van der Waals surface area (Å²) < 4.78 is 0.0164. The molecule has 0 unspecified atom stereocenters. The van der Waals surface area contributed by atoms with E-state index in [1.807, 2.05) is 0 Å². The zero-order valence-electron chi connectivity index (χ0n) is 10.9. The maximum Gasteiger partial charge on any atom is 0.303 e. The lowest BCUT2D eigenvalue weighted by Gasteiger charge is -2.22. The van der Waals surface area contributed by atoms with Crippen molar-refractivity contribution in [1.82, 2.24) is 5.32 Å². The highest BCUT2D eigenvalue weighted by molar-refractivity contribution is 8.77. The molecule has 0 aliphatic heterocycles. The van der Waals surface area contributed by atoms with Crippen LogP contribution in [0.2, 0.25) is 0 Å². The zero-order chi connectivity index (χ0) is 13.3. The van der Waals surface area contributed by atoms with Crippen molar-refractivity contribution in [2.75, 3.05) is 12.3 Å². The number of hydrogen-bond acceptors (Lipinski definition) is 4. The van der Waals surface area contributed by atoms with Crippen LogP contribution >= 0.6 is 21.6 Å². The third-order valence-corrected chi connectivity index (χ3v) is 5.49. The number of hydrogen-bond donors (Lipinski definition) is 2. The minimum absolute atomic E-state index is 0.0164. The normalized spacial score (nSPS) is 11.2. The predicted octanol–water partition coefficient (Wildman–Crippen LogP) is 3.52. The summed E-state index contributed by atoms with van der Waals surface area (Å²) in [6.07, 6.45) is 1.90. The van der Waals surface area contributed by atoms with Gasteiger partial charge in [-0.2, -0.15) is 0 Å². The molecule has 0 aliphatic carbocycles. The Morgan fingerprint density at radius 2 is 2.06 bits per heavy atom. The van der Waals surface area contributed by atoms with Gasteiger partial charge in [0.05, 0.1) is 0 Å². The van der Waals surface area contributed by atoms with Gasteiger partial charge in [0.15, 0.2) is 0 Å². The van der Waals surface area contributed by atoms with Crippen LogP contribution in [0, 0.1) is 0 Å². The highest BCUT2D eigenvalue weighted by Gasteiger charge is 2.20. The summed E-state index contributed by atoms with van der Waals surface area (Å²) in [5.74, 6) is 0.289. The van der Waals surface area contributed by atoms with Crippen LogP contribution in [-0.4, -0.2) is 28.1 Å². The summed E-state index contributed by atoms with van der Waals surface area (Å²) in [6.45, 7) is 11.1. The molecule has 17 heavy (non-hydrogen) atoms. The fourth-order valence-electron chi connectivity index (χ4n) is 1.15. The quantitative estimate of drug-likeness (QED) is 0.472. The van der Waals surface area contributed by atoms with E-state index in [0.29, 0.717) is 6.42 Å². The van der Waals surface area contributed by atoms with Crippen molar-refractivity contribution >= 4 is 27.6 Å². The lowest BCUT2D eigenvalue weighted by molar-refractivity contribution is -0.137. The van der Waals surface area contributed by atoms with Crippen LogP contribution in [0.4, 0.5) is 0 Å². The number of carboxylic acids is 1. The average Bonchev–Trinajstić information content (AvgIpc) is 2.22.